The van der Waals surface area contributed by atoms with Crippen molar-refractivity contribution in [2.24, 2.45) is 0 Å². The summed E-state index contributed by atoms with van der Waals surface area (Å²) in [7, 11) is 2.26. The Hall–Kier alpha value is -0.930. The molecule has 0 aromatic carbocycles. The molecule has 0 amide bonds. The number of aromatic nitrogens is 1. The van der Waals surface area contributed by atoms with Crippen molar-refractivity contribution in [3.05, 3.63) is 30.1 Å². The van der Waals surface area contributed by atoms with E-state index in [0.29, 0.717) is 0 Å². The molecule has 2 aliphatic rings. The van der Waals surface area contributed by atoms with Crippen LogP contribution in [0.3, 0.4) is 0 Å². The Bertz CT molecular complexity index is 353. The van der Waals surface area contributed by atoms with Crippen LogP contribution >= 0.6 is 0 Å². The maximum Gasteiger partial charge on any atom is 0.0271 e. The number of nitrogens with one attached hydrogen (secondary N) is 1. The van der Waals surface area contributed by atoms with E-state index in [4.69, 9.17) is 0 Å². The minimum absolute atomic E-state index is 0.752. The zero-order valence-electron chi connectivity index (χ0n) is 10.5. The number of rotatable bonds is 3. The molecule has 2 atom stereocenters. The lowest BCUT2D eigenvalue weighted by Gasteiger charge is -2.35. The van der Waals surface area contributed by atoms with Crippen molar-refractivity contribution >= 4 is 0 Å². The monoisotopic (exact) mass is 231 g/mol. The maximum atomic E-state index is 4.07. The number of hydrogen-bond acceptors (Lipinski definition) is 3. The van der Waals surface area contributed by atoms with E-state index in [0.717, 1.165) is 24.7 Å². The first-order valence-electron chi connectivity index (χ1n) is 6.66. The van der Waals surface area contributed by atoms with Gasteiger partial charge < -0.3 is 5.32 Å². The van der Waals surface area contributed by atoms with Crippen molar-refractivity contribution < 1.29 is 0 Å². The molecule has 3 rings (SSSR count). The fourth-order valence-electron chi connectivity index (χ4n) is 3.29. The van der Waals surface area contributed by atoms with Crippen LogP contribution in [0.4, 0.5) is 0 Å². The molecule has 17 heavy (non-hydrogen) atoms. The fraction of sp³-hybridized carbons (Fsp3) is 0.643. The van der Waals surface area contributed by atoms with Crippen LogP contribution in [0.1, 0.15) is 31.2 Å². The minimum atomic E-state index is 0.752. The number of nitrogens with zero attached hydrogens (tertiary/aromatic N) is 2. The summed E-state index contributed by atoms with van der Waals surface area (Å²) < 4.78 is 0. The molecule has 0 aliphatic carbocycles. The lowest BCUT2D eigenvalue weighted by Crippen LogP contribution is -2.46. The Morgan fingerprint density at radius 1 is 1.24 bits per heavy atom. The van der Waals surface area contributed by atoms with Gasteiger partial charge in [-0.15, -0.1) is 0 Å². The largest absolute Gasteiger partial charge is 0.311 e. The van der Waals surface area contributed by atoms with E-state index in [2.05, 4.69) is 34.4 Å². The lowest BCUT2D eigenvalue weighted by atomic mass is 9.98. The van der Waals surface area contributed by atoms with Crippen LogP contribution in [0.15, 0.2) is 24.5 Å². The Labute approximate surface area is 103 Å². The highest BCUT2D eigenvalue weighted by Gasteiger charge is 2.34. The first-order valence-corrected chi connectivity index (χ1v) is 6.66. The van der Waals surface area contributed by atoms with Crippen LogP contribution in [0, 0.1) is 0 Å². The maximum absolute atomic E-state index is 4.07. The Kier molecular flexibility index (Phi) is 3.12. The van der Waals surface area contributed by atoms with Gasteiger partial charge in [-0.3, -0.25) is 9.88 Å². The molecule has 2 saturated heterocycles. The second-order valence-corrected chi connectivity index (χ2v) is 5.53. The molecule has 2 unspecified atom stereocenters. The molecular formula is C14H21N3. The molecule has 3 heteroatoms. The Balaban J connectivity index is 1.61. The highest BCUT2D eigenvalue weighted by molar-refractivity contribution is 5.09. The molecule has 92 valence electrons. The van der Waals surface area contributed by atoms with E-state index >= 15 is 0 Å². The van der Waals surface area contributed by atoms with Gasteiger partial charge in [-0.1, -0.05) is 0 Å². The molecule has 0 saturated carbocycles. The summed E-state index contributed by atoms with van der Waals surface area (Å²) in [6, 6.07) is 6.54. The van der Waals surface area contributed by atoms with E-state index in [-0.39, 0.29) is 0 Å². The van der Waals surface area contributed by atoms with Gasteiger partial charge in [0.15, 0.2) is 0 Å². The van der Waals surface area contributed by atoms with Gasteiger partial charge in [0, 0.05) is 37.1 Å². The van der Waals surface area contributed by atoms with E-state index in [1.165, 1.54) is 31.2 Å². The van der Waals surface area contributed by atoms with Crippen molar-refractivity contribution in [1.29, 1.82) is 0 Å². The van der Waals surface area contributed by atoms with Crippen molar-refractivity contribution in [2.75, 3.05) is 7.05 Å². The average Bonchev–Trinajstić information content (AvgIpc) is 2.69. The second-order valence-electron chi connectivity index (χ2n) is 5.53. The summed E-state index contributed by atoms with van der Waals surface area (Å²) in [5.74, 6) is 0. The van der Waals surface area contributed by atoms with Gasteiger partial charge in [0.25, 0.3) is 0 Å². The standard InChI is InChI=1S/C14H21N3/c1-17(10-11-4-6-15-7-5-11)14-8-12-2-3-13(9-14)16-12/h4-7,12-14,16H,2-3,8-10H2,1H3. The van der Waals surface area contributed by atoms with Crippen LogP contribution in [0.25, 0.3) is 0 Å². The molecule has 2 bridgehead atoms. The third-order valence-corrected chi connectivity index (χ3v) is 4.25. The fourth-order valence-corrected chi connectivity index (χ4v) is 3.29. The predicted molar refractivity (Wildman–Crippen MR) is 68.7 cm³/mol. The molecule has 1 aromatic heterocycles. The minimum Gasteiger partial charge on any atom is -0.311 e. The van der Waals surface area contributed by atoms with Crippen molar-refractivity contribution in [1.82, 2.24) is 15.2 Å². The van der Waals surface area contributed by atoms with Crippen LogP contribution in [0.2, 0.25) is 0 Å². The smallest absolute Gasteiger partial charge is 0.0271 e. The first kappa shape index (κ1) is 11.2. The predicted octanol–water partition coefficient (Wildman–Crippen LogP) is 1.80. The summed E-state index contributed by atoms with van der Waals surface area (Å²) >= 11 is 0. The first-order chi connectivity index (χ1) is 8.31. The number of fused-ring (bicyclic) bond motifs is 2. The third kappa shape index (κ3) is 2.50. The molecular weight excluding hydrogens is 210 g/mol. The summed E-state index contributed by atoms with van der Waals surface area (Å²) in [6.45, 7) is 1.05. The Morgan fingerprint density at radius 3 is 2.53 bits per heavy atom. The topological polar surface area (TPSA) is 28.2 Å². The molecule has 2 fully saturated rings. The molecule has 0 spiro atoms. The van der Waals surface area contributed by atoms with Crippen molar-refractivity contribution in [2.45, 2.75) is 50.4 Å². The van der Waals surface area contributed by atoms with E-state index < -0.39 is 0 Å². The van der Waals surface area contributed by atoms with Gasteiger partial charge in [0.2, 0.25) is 0 Å². The Morgan fingerprint density at radius 2 is 1.88 bits per heavy atom. The SMILES string of the molecule is CN(Cc1ccncc1)C1CC2CCC(C1)N2. The quantitative estimate of drug-likeness (QED) is 0.859. The highest BCUT2D eigenvalue weighted by Crippen LogP contribution is 2.29. The summed E-state index contributed by atoms with van der Waals surface area (Å²) in [4.78, 5) is 6.59. The van der Waals surface area contributed by atoms with E-state index in [1.54, 1.807) is 0 Å². The van der Waals surface area contributed by atoms with Crippen molar-refractivity contribution in [3.8, 4) is 0 Å². The van der Waals surface area contributed by atoms with Crippen LogP contribution in [0.5, 0.6) is 0 Å². The molecule has 0 radical (unpaired) electrons. The van der Waals surface area contributed by atoms with E-state index in [9.17, 15) is 0 Å². The summed E-state index contributed by atoms with van der Waals surface area (Å²) in [5.41, 5.74) is 1.37. The molecule has 2 aliphatic heterocycles. The third-order valence-electron chi connectivity index (χ3n) is 4.25. The highest BCUT2D eigenvalue weighted by atomic mass is 15.2. The van der Waals surface area contributed by atoms with Gasteiger partial charge >= 0.3 is 0 Å². The van der Waals surface area contributed by atoms with Crippen LogP contribution in [-0.4, -0.2) is 35.1 Å². The van der Waals surface area contributed by atoms with Gasteiger partial charge in [-0.2, -0.15) is 0 Å². The zero-order chi connectivity index (χ0) is 11.7. The average molecular weight is 231 g/mol. The second kappa shape index (κ2) is 4.75. The summed E-state index contributed by atoms with van der Waals surface area (Å²) in [5, 5.41) is 3.70. The zero-order valence-corrected chi connectivity index (χ0v) is 10.5. The molecule has 1 N–H and O–H groups in total. The molecule has 3 nitrogen and oxygen atoms in total. The lowest BCUT2D eigenvalue weighted by molar-refractivity contribution is 0.166. The summed E-state index contributed by atoms with van der Waals surface area (Å²) in [6.07, 6.45) is 9.16. The van der Waals surface area contributed by atoms with E-state index in [1.807, 2.05) is 12.4 Å². The number of piperidine rings is 1. The van der Waals surface area contributed by atoms with Crippen LogP contribution in [-0.2, 0) is 6.54 Å². The van der Waals surface area contributed by atoms with Gasteiger partial charge in [0.05, 0.1) is 0 Å². The van der Waals surface area contributed by atoms with Gasteiger partial charge in [-0.25, -0.2) is 0 Å². The number of hydrogen-bond donors (Lipinski definition) is 1. The van der Waals surface area contributed by atoms with Gasteiger partial charge in [0.1, 0.15) is 0 Å². The molecule has 1 aromatic rings. The van der Waals surface area contributed by atoms with Crippen LogP contribution < -0.4 is 5.32 Å². The van der Waals surface area contributed by atoms with Gasteiger partial charge in [-0.05, 0) is 50.4 Å². The normalized spacial score (nSPS) is 32.0. The number of pyridine rings is 1. The molecule has 3 heterocycles. The van der Waals surface area contributed by atoms with Crippen molar-refractivity contribution in [3.63, 3.8) is 0 Å².